The smallest absolute Gasteiger partial charge is 0.116 e. The van der Waals surface area contributed by atoms with Crippen LogP contribution in [0, 0.1) is 0 Å². The highest BCUT2D eigenvalue weighted by molar-refractivity contribution is 5.07. The van der Waals surface area contributed by atoms with Gasteiger partial charge in [-0.05, 0) is 25.0 Å². The van der Waals surface area contributed by atoms with E-state index in [0.717, 1.165) is 12.8 Å². The Labute approximate surface area is 102 Å². The van der Waals surface area contributed by atoms with Gasteiger partial charge in [0.05, 0.1) is 6.26 Å². The molecule has 0 aromatic carbocycles. The minimum Gasteiger partial charge on any atom is -0.494 e. The molecule has 0 amide bonds. The van der Waals surface area contributed by atoms with E-state index < -0.39 is 0 Å². The minimum absolute atomic E-state index is 0.317. The average Bonchev–Trinajstić information content (AvgIpc) is 2.38. The quantitative estimate of drug-likeness (QED) is 0.501. The molecule has 0 bridgehead atoms. The molecule has 0 radical (unpaired) electrons. The van der Waals surface area contributed by atoms with E-state index >= 15 is 0 Å². The van der Waals surface area contributed by atoms with Gasteiger partial charge >= 0.3 is 0 Å². The zero-order valence-corrected chi connectivity index (χ0v) is 10.4. The molecule has 0 fully saturated rings. The van der Waals surface area contributed by atoms with E-state index in [9.17, 15) is 0 Å². The van der Waals surface area contributed by atoms with Crippen molar-refractivity contribution < 1.29 is 6.11 Å². The lowest BCUT2D eigenvalue weighted by molar-refractivity contribution is 0.170. The van der Waals surface area contributed by atoms with Crippen LogP contribution < -0.4 is 0 Å². The van der Waals surface area contributed by atoms with Gasteiger partial charge in [-0.2, -0.15) is 0 Å². The molecule has 0 saturated heterocycles. The van der Waals surface area contributed by atoms with Gasteiger partial charge in [0.2, 0.25) is 0 Å². The first-order valence-electron chi connectivity index (χ1n) is 7.42. The van der Waals surface area contributed by atoms with Gasteiger partial charge < -0.3 is 4.74 Å². The molecule has 0 spiro atoms. The molecule has 1 heterocycles. The van der Waals surface area contributed by atoms with Gasteiger partial charge in [-0.25, -0.2) is 0 Å². The van der Waals surface area contributed by atoms with E-state index in [4.69, 9.17) is 6.11 Å². The predicted octanol–water partition coefficient (Wildman–Crippen LogP) is 4.99. The third-order valence-corrected chi connectivity index (χ3v) is 3.01. The lowest BCUT2D eigenvalue weighted by Crippen LogP contribution is -2.07. The number of hydrogen-bond donors (Lipinski definition) is 0. The molecule has 1 unspecified atom stereocenters. The SMILES string of the molecule is [2H]CCCCCCCCCCC1C=CC=CO1. The maximum absolute atomic E-state index is 7.05. The Morgan fingerprint density at radius 2 is 1.75 bits per heavy atom. The molecule has 16 heavy (non-hydrogen) atoms. The van der Waals surface area contributed by atoms with Crippen molar-refractivity contribution in [2.45, 2.75) is 70.8 Å². The van der Waals surface area contributed by atoms with Gasteiger partial charge in [-0.15, -0.1) is 0 Å². The summed E-state index contributed by atoms with van der Waals surface area (Å²) in [5, 5.41) is 0. The molecule has 1 atom stereocenters. The highest BCUT2D eigenvalue weighted by Gasteiger charge is 2.04. The Morgan fingerprint density at radius 3 is 2.44 bits per heavy atom. The topological polar surface area (TPSA) is 9.23 Å². The van der Waals surface area contributed by atoms with Gasteiger partial charge in [0, 0.05) is 1.37 Å². The lowest BCUT2D eigenvalue weighted by Gasteiger charge is -2.14. The van der Waals surface area contributed by atoms with Crippen LogP contribution in [0.15, 0.2) is 24.5 Å². The third-order valence-electron chi connectivity index (χ3n) is 3.01. The van der Waals surface area contributed by atoms with Crippen molar-refractivity contribution in [2.75, 3.05) is 0 Å². The second-order valence-electron chi connectivity index (χ2n) is 4.51. The standard InChI is InChI=1S/C15H26O/c1-2-3-4-5-6-7-8-9-12-15-13-10-11-14-16-15/h10-11,13-15H,2-9,12H2,1H3/i1D. The van der Waals surface area contributed by atoms with Crippen LogP contribution in [0.3, 0.4) is 0 Å². The number of ether oxygens (including phenoxy) is 1. The second kappa shape index (κ2) is 9.50. The predicted molar refractivity (Wildman–Crippen MR) is 70.4 cm³/mol. The molecule has 0 aliphatic carbocycles. The van der Waals surface area contributed by atoms with E-state index in [1.54, 1.807) is 6.26 Å². The van der Waals surface area contributed by atoms with Crippen molar-refractivity contribution in [3.63, 3.8) is 0 Å². The van der Waals surface area contributed by atoms with Crippen LogP contribution in [0.1, 0.15) is 66.1 Å². The fraction of sp³-hybridized carbons (Fsp3) is 0.733. The van der Waals surface area contributed by atoms with Crippen LogP contribution in [-0.2, 0) is 4.74 Å². The summed E-state index contributed by atoms with van der Waals surface area (Å²) in [4.78, 5) is 0. The van der Waals surface area contributed by atoms with Crippen molar-refractivity contribution in [1.82, 2.24) is 0 Å². The zero-order chi connectivity index (χ0) is 12.2. The maximum Gasteiger partial charge on any atom is 0.116 e. The Kier molecular flexibility index (Phi) is 6.98. The monoisotopic (exact) mass is 223 g/mol. The van der Waals surface area contributed by atoms with Gasteiger partial charge in [-0.1, -0.05) is 57.9 Å². The van der Waals surface area contributed by atoms with Crippen LogP contribution in [0.5, 0.6) is 0 Å². The molecular weight excluding hydrogens is 196 g/mol. The Bertz CT molecular complexity index is 223. The summed E-state index contributed by atoms with van der Waals surface area (Å²) < 4.78 is 12.5. The number of hydrogen-bond acceptors (Lipinski definition) is 1. The summed E-state index contributed by atoms with van der Waals surface area (Å²) in [5.74, 6) is 0. The third kappa shape index (κ3) is 6.71. The van der Waals surface area contributed by atoms with Crippen LogP contribution in [0.25, 0.3) is 0 Å². The fourth-order valence-electron chi connectivity index (χ4n) is 2.00. The highest BCUT2D eigenvalue weighted by atomic mass is 16.5. The van der Waals surface area contributed by atoms with Crippen LogP contribution in [0.2, 0.25) is 0 Å². The van der Waals surface area contributed by atoms with E-state index in [2.05, 4.69) is 12.2 Å². The van der Waals surface area contributed by atoms with Crippen LogP contribution in [0.4, 0.5) is 0 Å². The first-order valence-corrected chi connectivity index (χ1v) is 6.71. The van der Waals surface area contributed by atoms with E-state index in [1.165, 1.54) is 44.9 Å². The average molecular weight is 223 g/mol. The first kappa shape index (κ1) is 11.8. The van der Waals surface area contributed by atoms with Gasteiger partial charge in [0.1, 0.15) is 6.10 Å². The van der Waals surface area contributed by atoms with Gasteiger partial charge in [-0.3, -0.25) is 0 Å². The van der Waals surface area contributed by atoms with Crippen molar-refractivity contribution in [1.29, 1.82) is 0 Å². The summed E-state index contributed by atoms with van der Waals surface area (Å²) >= 11 is 0. The first-order chi connectivity index (χ1) is 8.43. The van der Waals surface area contributed by atoms with Gasteiger partial charge in [0.25, 0.3) is 0 Å². The van der Waals surface area contributed by atoms with E-state index in [-0.39, 0.29) is 0 Å². The summed E-state index contributed by atoms with van der Waals surface area (Å²) in [6.45, 7) is 0.601. The molecule has 1 nitrogen and oxygen atoms in total. The van der Waals surface area contributed by atoms with Crippen LogP contribution >= 0.6 is 0 Å². The van der Waals surface area contributed by atoms with Crippen molar-refractivity contribution in [3.05, 3.63) is 24.5 Å². The zero-order valence-electron chi connectivity index (χ0n) is 11.4. The second-order valence-corrected chi connectivity index (χ2v) is 4.51. The van der Waals surface area contributed by atoms with Crippen molar-refractivity contribution >= 4 is 0 Å². The molecule has 1 aliphatic heterocycles. The molecular formula is C15H26O. The lowest BCUT2D eigenvalue weighted by atomic mass is 10.1. The molecule has 0 aromatic heterocycles. The van der Waals surface area contributed by atoms with Crippen molar-refractivity contribution in [3.8, 4) is 0 Å². The van der Waals surface area contributed by atoms with Gasteiger partial charge in [0.15, 0.2) is 0 Å². The molecule has 1 rings (SSSR count). The molecule has 1 heteroatoms. The van der Waals surface area contributed by atoms with Crippen LogP contribution in [-0.4, -0.2) is 6.10 Å². The molecule has 0 aromatic rings. The Hall–Kier alpha value is -0.720. The molecule has 1 aliphatic rings. The van der Waals surface area contributed by atoms with E-state index in [0.29, 0.717) is 13.0 Å². The number of unbranched alkanes of at least 4 members (excludes halogenated alkanes) is 7. The Morgan fingerprint density at radius 1 is 1.00 bits per heavy atom. The normalized spacial score (nSPS) is 19.5. The largest absolute Gasteiger partial charge is 0.494 e. The van der Waals surface area contributed by atoms with E-state index in [1.807, 2.05) is 6.08 Å². The number of rotatable bonds is 9. The summed E-state index contributed by atoms with van der Waals surface area (Å²) in [7, 11) is 0. The Balaban J connectivity index is 1.78. The summed E-state index contributed by atoms with van der Waals surface area (Å²) in [6, 6.07) is 0. The summed E-state index contributed by atoms with van der Waals surface area (Å²) in [5.41, 5.74) is 0. The molecule has 0 saturated carbocycles. The van der Waals surface area contributed by atoms with Crippen molar-refractivity contribution in [2.24, 2.45) is 0 Å². The summed E-state index contributed by atoms with van der Waals surface area (Å²) in [6.07, 6.45) is 19.7. The molecule has 92 valence electrons. The fourth-order valence-corrected chi connectivity index (χ4v) is 2.00. The maximum atomic E-state index is 7.05. The highest BCUT2D eigenvalue weighted by Crippen LogP contribution is 2.14. The number of allylic oxidation sites excluding steroid dienone is 2. The molecule has 0 N–H and O–H groups in total. The minimum atomic E-state index is 0.317.